The number of nitro groups is 1. The number of ether oxygens (including phenoxy) is 1. The van der Waals surface area contributed by atoms with E-state index in [1.807, 2.05) is 0 Å². The Kier molecular flexibility index (Phi) is 5.31. The maximum Gasteiger partial charge on any atom is 0.269 e. The molecule has 0 radical (unpaired) electrons. The standard InChI is InChI=1S/C19H23N3O3/c1-3-21(4-2)16-9-7-15(8-10-16)19-20-13-18(25-19)14-5-11-17(12-6-14)22(23)24/h5-12,18-20H,3-4,13H2,1-2H3/t18-,19+/m1/s1. The molecule has 1 saturated heterocycles. The zero-order chi connectivity index (χ0) is 17.8. The monoisotopic (exact) mass is 341 g/mol. The van der Waals surface area contributed by atoms with Crippen molar-refractivity contribution in [1.29, 1.82) is 0 Å². The lowest BCUT2D eigenvalue weighted by atomic mass is 10.1. The van der Waals surface area contributed by atoms with Gasteiger partial charge in [-0.1, -0.05) is 12.1 Å². The van der Waals surface area contributed by atoms with Gasteiger partial charge in [0, 0.05) is 37.5 Å². The minimum Gasteiger partial charge on any atom is -0.372 e. The van der Waals surface area contributed by atoms with Gasteiger partial charge in [-0.25, -0.2) is 0 Å². The second-order valence-electron chi connectivity index (χ2n) is 6.03. The summed E-state index contributed by atoms with van der Waals surface area (Å²) in [5.41, 5.74) is 3.33. The molecule has 1 N–H and O–H groups in total. The van der Waals surface area contributed by atoms with Gasteiger partial charge < -0.3 is 9.64 Å². The van der Waals surface area contributed by atoms with Gasteiger partial charge in [0.1, 0.15) is 6.23 Å². The fraction of sp³-hybridized carbons (Fsp3) is 0.368. The second-order valence-corrected chi connectivity index (χ2v) is 6.03. The van der Waals surface area contributed by atoms with Gasteiger partial charge in [-0.15, -0.1) is 0 Å². The Morgan fingerprint density at radius 2 is 1.68 bits per heavy atom. The molecule has 0 aromatic heterocycles. The highest BCUT2D eigenvalue weighted by atomic mass is 16.6. The van der Waals surface area contributed by atoms with Crippen LogP contribution in [0.5, 0.6) is 0 Å². The topological polar surface area (TPSA) is 67.6 Å². The van der Waals surface area contributed by atoms with E-state index in [4.69, 9.17) is 4.74 Å². The molecule has 1 aliphatic heterocycles. The molecule has 2 aromatic rings. The first-order valence-corrected chi connectivity index (χ1v) is 8.60. The molecule has 25 heavy (non-hydrogen) atoms. The fourth-order valence-corrected chi connectivity index (χ4v) is 3.13. The summed E-state index contributed by atoms with van der Waals surface area (Å²) in [7, 11) is 0. The average Bonchev–Trinajstić information content (AvgIpc) is 3.13. The number of anilines is 1. The van der Waals surface area contributed by atoms with E-state index in [9.17, 15) is 10.1 Å². The molecule has 0 amide bonds. The van der Waals surface area contributed by atoms with E-state index in [1.54, 1.807) is 12.1 Å². The van der Waals surface area contributed by atoms with E-state index < -0.39 is 4.92 Å². The van der Waals surface area contributed by atoms with Crippen molar-refractivity contribution in [2.45, 2.75) is 26.2 Å². The van der Waals surface area contributed by atoms with Gasteiger partial charge in [-0.2, -0.15) is 0 Å². The van der Waals surface area contributed by atoms with E-state index >= 15 is 0 Å². The quantitative estimate of drug-likeness (QED) is 0.639. The van der Waals surface area contributed by atoms with E-state index in [-0.39, 0.29) is 18.0 Å². The lowest BCUT2D eigenvalue weighted by molar-refractivity contribution is -0.384. The number of rotatable bonds is 6. The lowest BCUT2D eigenvalue weighted by Gasteiger charge is -2.21. The normalized spacial score (nSPS) is 19.8. The maximum absolute atomic E-state index is 10.7. The molecule has 1 aliphatic rings. The number of non-ortho nitro benzene ring substituents is 1. The van der Waals surface area contributed by atoms with Gasteiger partial charge in [0.15, 0.2) is 0 Å². The third kappa shape index (κ3) is 3.81. The van der Waals surface area contributed by atoms with Gasteiger partial charge in [0.05, 0.1) is 11.0 Å². The number of hydrogen-bond acceptors (Lipinski definition) is 5. The molecule has 2 aromatic carbocycles. The molecule has 2 atom stereocenters. The van der Waals surface area contributed by atoms with Crippen molar-refractivity contribution in [2.24, 2.45) is 0 Å². The van der Waals surface area contributed by atoms with Gasteiger partial charge in [0.25, 0.3) is 5.69 Å². The Morgan fingerprint density at radius 3 is 2.24 bits per heavy atom. The predicted molar refractivity (Wildman–Crippen MR) is 97.7 cm³/mol. The Balaban J connectivity index is 1.67. The van der Waals surface area contributed by atoms with Crippen molar-refractivity contribution in [2.75, 3.05) is 24.5 Å². The predicted octanol–water partition coefficient (Wildman–Crippen LogP) is 3.80. The molecule has 0 aliphatic carbocycles. The zero-order valence-electron chi connectivity index (χ0n) is 14.5. The smallest absolute Gasteiger partial charge is 0.269 e. The van der Waals surface area contributed by atoms with Crippen LogP contribution in [0.2, 0.25) is 0 Å². The van der Waals surface area contributed by atoms with Crippen molar-refractivity contribution < 1.29 is 9.66 Å². The highest BCUT2D eigenvalue weighted by Crippen LogP contribution is 2.32. The zero-order valence-corrected chi connectivity index (χ0v) is 14.5. The molecule has 6 heteroatoms. The highest BCUT2D eigenvalue weighted by Gasteiger charge is 2.27. The minimum absolute atomic E-state index is 0.0956. The third-order valence-corrected chi connectivity index (χ3v) is 4.59. The molecule has 1 heterocycles. The van der Waals surface area contributed by atoms with Crippen LogP contribution in [0, 0.1) is 10.1 Å². The number of nitro benzene ring substituents is 1. The van der Waals surface area contributed by atoms with Crippen LogP contribution in [-0.2, 0) is 4.74 Å². The molecular weight excluding hydrogens is 318 g/mol. The van der Waals surface area contributed by atoms with E-state index in [1.165, 1.54) is 17.8 Å². The van der Waals surface area contributed by atoms with Crippen LogP contribution in [-0.4, -0.2) is 24.6 Å². The molecule has 6 nitrogen and oxygen atoms in total. The molecule has 0 spiro atoms. The van der Waals surface area contributed by atoms with Gasteiger partial charge in [0.2, 0.25) is 0 Å². The Bertz CT molecular complexity index is 712. The molecule has 0 saturated carbocycles. The van der Waals surface area contributed by atoms with Gasteiger partial charge in [-0.05, 0) is 49.2 Å². The Labute approximate surface area is 147 Å². The van der Waals surface area contributed by atoms with Crippen molar-refractivity contribution in [3.8, 4) is 0 Å². The SMILES string of the molecule is CCN(CC)c1ccc([C@H]2NC[C@H](c3ccc([N+](=O)[O-])cc3)O2)cc1. The number of hydrogen-bond donors (Lipinski definition) is 1. The Hall–Kier alpha value is -2.44. The molecule has 1 fully saturated rings. The summed E-state index contributed by atoms with van der Waals surface area (Å²) < 4.78 is 6.09. The third-order valence-electron chi connectivity index (χ3n) is 4.59. The number of benzene rings is 2. The van der Waals surface area contributed by atoms with E-state index in [0.29, 0.717) is 6.54 Å². The summed E-state index contributed by atoms with van der Waals surface area (Å²) in [5.74, 6) is 0. The van der Waals surface area contributed by atoms with E-state index in [0.717, 1.165) is 24.2 Å². The summed E-state index contributed by atoms with van der Waals surface area (Å²) >= 11 is 0. The van der Waals surface area contributed by atoms with Crippen LogP contribution in [0.1, 0.15) is 37.3 Å². The second kappa shape index (κ2) is 7.63. The van der Waals surface area contributed by atoms with Crippen LogP contribution in [0.25, 0.3) is 0 Å². The van der Waals surface area contributed by atoms with Crippen molar-refractivity contribution >= 4 is 11.4 Å². The van der Waals surface area contributed by atoms with Gasteiger partial charge in [-0.3, -0.25) is 15.4 Å². The lowest BCUT2D eigenvalue weighted by Crippen LogP contribution is -2.21. The first-order valence-electron chi connectivity index (χ1n) is 8.60. The molecular formula is C19H23N3O3. The van der Waals surface area contributed by atoms with Crippen LogP contribution in [0.3, 0.4) is 0 Å². The van der Waals surface area contributed by atoms with Crippen LogP contribution in [0.15, 0.2) is 48.5 Å². The average molecular weight is 341 g/mol. The molecule has 3 rings (SSSR count). The van der Waals surface area contributed by atoms with Crippen LogP contribution in [0.4, 0.5) is 11.4 Å². The summed E-state index contributed by atoms with van der Waals surface area (Å²) in [6.07, 6.45) is -0.265. The van der Waals surface area contributed by atoms with Crippen molar-refractivity contribution in [3.63, 3.8) is 0 Å². The van der Waals surface area contributed by atoms with Crippen LogP contribution < -0.4 is 10.2 Å². The first-order chi connectivity index (χ1) is 12.1. The Morgan fingerprint density at radius 1 is 1.08 bits per heavy atom. The van der Waals surface area contributed by atoms with E-state index in [2.05, 4.69) is 48.3 Å². The highest BCUT2D eigenvalue weighted by molar-refractivity contribution is 5.47. The summed E-state index contributed by atoms with van der Waals surface area (Å²) in [4.78, 5) is 12.7. The van der Waals surface area contributed by atoms with Crippen molar-refractivity contribution in [3.05, 3.63) is 69.8 Å². The largest absolute Gasteiger partial charge is 0.372 e. The maximum atomic E-state index is 10.7. The minimum atomic E-state index is -0.391. The number of nitrogens with one attached hydrogen (secondary N) is 1. The fourth-order valence-electron chi connectivity index (χ4n) is 3.13. The summed E-state index contributed by atoms with van der Waals surface area (Å²) in [5, 5.41) is 14.1. The molecule has 0 bridgehead atoms. The summed E-state index contributed by atoms with van der Waals surface area (Å²) in [6.45, 7) is 6.94. The van der Waals surface area contributed by atoms with Crippen LogP contribution >= 0.6 is 0 Å². The van der Waals surface area contributed by atoms with Gasteiger partial charge >= 0.3 is 0 Å². The number of nitrogens with zero attached hydrogens (tertiary/aromatic N) is 2. The first kappa shape index (κ1) is 17.4. The van der Waals surface area contributed by atoms with Crippen molar-refractivity contribution in [1.82, 2.24) is 5.32 Å². The molecule has 132 valence electrons. The summed E-state index contributed by atoms with van der Waals surface area (Å²) in [6, 6.07) is 15.0. The molecule has 0 unspecified atom stereocenters.